The number of nitrogens with one attached hydrogen (secondary N) is 2. The second kappa shape index (κ2) is 6.46. The largest absolute Gasteiger partial charge is 0.325 e. The Morgan fingerprint density at radius 1 is 0.958 bits per heavy atom. The van der Waals surface area contributed by atoms with Gasteiger partial charge in [0.25, 0.3) is 0 Å². The van der Waals surface area contributed by atoms with Crippen molar-refractivity contribution >= 4 is 46.4 Å². The van der Waals surface area contributed by atoms with E-state index in [1.165, 1.54) is 0 Å². The van der Waals surface area contributed by atoms with Gasteiger partial charge in [0.1, 0.15) is 5.41 Å². The standard InChI is InChI=1S/C18H16Cl2N2O2/c1-11-6-7-12(10-14(11)20)21-16(23)18(8-9-18)17(24)22-15-5-3-2-4-13(15)19/h2-7,10H,8-9H2,1H3,(H,21,23)(H,22,24). The van der Waals surface area contributed by atoms with E-state index in [1.54, 1.807) is 36.4 Å². The number of carbonyl (C=O) groups is 2. The van der Waals surface area contributed by atoms with Crippen LogP contribution in [-0.4, -0.2) is 11.8 Å². The summed E-state index contributed by atoms with van der Waals surface area (Å²) >= 11 is 12.1. The zero-order chi connectivity index (χ0) is 17.3. The Labute approximate surface area is 150 Å². The number of carbonyl (C=O) groups excluding carboxylic acids is 2. The average Bonchev–Trinajstić information content (AvgIpc) is 3.35. The Hall–Kier alpha value is -2.04. The first kappa shape index (κ1) is 16.8. The second-order valence-corrected chi connectivity index (χ2v) is 6.75. The van der Waals surface area contributed by atoms with Crippen molar-refractivity contribution in [3.05, 3.63) is 58.1 Å². The van der Waals surface area contributed by atoms with E-state index in [1.807, 2.05) is 13.0 Å². The van der Waals surface area contributed by atoms with Gasteiger partial charge in [-0.2, -0.15) is 0 Å². The molecule has 0 saturated heterocycles. The van der Waals surface area contributed by atoms with Crippen molar-refractivity contribution in [1.82, 2.24) is 0 Å². The summed E-state index contributed by atoms with van der Waals surface area (Å²) in [7, 11) is 0. The van der Waals surface area contributed by atoms with Crippen molar-refractivity contribution in [3.63, 3.8) is 0 Å². The minimum absolute atomic E-state index is 0.327. The first-order valence-corrected chi connectivity index (χ1v) is 8.31. The van der Waals surface area contributed by atoms with Gasteiger partial charge >= 0.3 is 0 Å². The number of rotatable bonds is 4. The molecule has 24 heavy (non-hydrogen) atoms. The van der Waals surface area contributed by atoms with Crippen molar-refractivity contribution in [1.29, 1.82) is 0 Å². The third-order valence-corrected chi connectivity index (χ3v) is 4.91. The maximum absolute atomic E-state index is 12.6. The van der Waals surface area contributed by atoms with Gasteiger partial charge in [0.05, 0.1) is 10.7 Å². The molecule has 1 aliphatic carbocycles. The molecule has 2 aromatic rings. The van der Waals surface area contributed by atoms with Crippen LogP contribution >= 0.6 is 23.2 Å². The van der Waals surface area contributed by atoms with E-state index >= 15 is 0 Å². The Kier molecular flexibility index (Phi) is 4.52. The van der Waals surface area contributed by atoms with E-state index in [4.69, 9.17) is 23.2 Å². The zero-order valence-electron chi connectivity index (χ0n) is 13.0. The average molecular weight is 363 g/mol. The lowest BCUT2D eigenvalue weighted by atomic mass is 10.0. The quantitative estimate of drug-likeness (QED) is 0.777. The highest BCUT2D eigenvalue weighted by Crippen LogP contribution is 2.47. The molecule has 0 atom stereocenters. The molecular weight excluding hydrogens is 347 g/mol. The van der Waals surface area contributed by atoms with Crippen molar-refractivity contribution < 1.29 is 9.59 Å². The minimum Gasteiger partial charge on any atom is -0.325 e. The van der Waals surface area contributed by atoms with E-state index in [-0.39, 0.29) is 11.8 Å². The molecule has 0 aliphatic heterocycles. The highest BCUT2D eigenvalue weighted by Gasteiger charge is 2.56. The highest BCUT2D eigenvalue weighted by molar-refractivity contribution is 6.34. The summed E-state index contributed by atoms with van der Waals surface area (Å²) in [5.41, 5.74) is 0.956. The fourth-order valence-electron chi connectivity index (χ4n) is 2.41. The smallest absolute Gasteiger partial charge is 0.240 e. The maximum Gasteiger partial charge on any atom is 0.240 e. The predicted octanol–water partition coefficient (Wildman–Crippen LogP) is 4.66. The van der Waals surface area contributed by atoms with E-state index in [0.717, 1.165) is 5.56 Å². The molecule has 3 rings (SSSR count). The molecule has 2 aromatic carbocycles. The molecule has 2 N–H and O–H groups in total. The van der Waals surface area contributed by atoms with E-state index in [2.05, 4.69) is 10.6 Å². The number of aryl methyl sites for hydroxylation is 1. The van der Waals surface area contributed by atoms with E-state index < -0.39 is 5.41 Å². The molecule has 4 nitrogen and oxygen atoms in total. The second-order valence-electron chi connectivity index (χ2n) is 5.93. The van der Waals surface area contributed by atoms with Crippen LogP contribution in [0.3, 0.4) is 0 Å². The topological polar surface area (TPSA) is 58.2 Å². The molecule has 0 spiro atoms. The summed E-state index contributed by atoms with van der Waals surface area (Å²) in [6.07, 6.45) is 1.02. The fourth-order valence-corrected chi connectivity index (χ4v) is 2.77. The van der Waals surface area contributed by atoms with Crippen LogP contribution in [0.1, 0.15) is 18.4 Å². The number of anilines is 2. The van der Waals surface area contributed by atoms with E-state index in [9.17, 15) is 9.59 Å². The summed E-state index contributed by atoms with van der Waals surface area (Å²) in [5, 5.41) is 6.52. The number of hydrogen-bond acceptors (Lipinski definition) is 2. The Morgan fingerprint density at radius 2 is 1.62 bits per heavy atom. The fraction of sp³-hybridized carbons (Fsp3) is 0.222. The number of amides is 2. The Bertz CT molecular complexity index is 816. The summed E-state index contributed by atoms with van der Waals surface area (Å²) < 4.78 is 0. The molecule has 6 heteroatoms. The number of para-hydroxylation sites is 1. The summed E-state index contributed by atoms with van der Waals surface area (Å²) in [4.78, 5) is 25.1. The SMILES string of the molecule is Cc1ccc(NC(=O)C2(C(=O)Nc3ccccc3Cl)CC2)cc1Cl. The van der Waals surface area contributed by atoms with Crippen LogP contribution in [0.25, 0.3) is 0 Å². The predicted molar refractivity (Wildman–Crippen MR) is 96.6 cm³/mol. The van der Waals surface area contributed by atoms with Gasteiger partial charge in [-0.1, -0.05) is 41.4 Å². The Balaban J connectivity index is 1.73. The van der Waals surface area contributed by atoms with Crippen LogP contribution in [0.2, 0.25) is 10.0 Å². The molecule has 0 heterocycles. The molecule has 0 bridgehead atoms. The van der Waals surface area contributed by atoms with Crippen LogP contribution in [0, 0.1) is 12.3 Å². The van der Waals surface area contributed by atoms with Gasteiger partial charge in [0, 0.05) is 10.7 Å². The van der Waals surface area contributed by atoms with Crippen molar-refractivity contribution in [2.75, 3.05) is 10.6 Å². The van der Waals surface area contributed by atoms with Crippen LogP contribution in [-0.2, 0) is 9.59 Å². The highest BCUT2D eigenvalue weighted by atomic mass is 35.5. The third kappa shape index (κ3) is 3.25. The molecule has 1 aliphatic rings. The van der Waals surface area contributed by atoms with Gasteiger partial charge in [-0.25, -0.2) is 0 Å². The normalized spacial score (nSPS) is 14.8. The van der Waals surface area contributed by atoms with Crippen molar-refractivity contribution in [2.24, 2.45) is 5.41 Å². The summed E-state index contributed by atoms with van der Waals surface area (Å²) in [5.74, 6) is -0.668. The first-order chi connectivity index (χ1) is 11.4. The molecule has 0 aromatic heterocycles. The lowest BCUT2D eigenvalue weighted by Crippen LogP contribution is -2.35. The zero-order valence-corrected chi connectivity index (χ0v) is 14.5. The number of benzene rings is 2. The molecule has 124 valence electrons. The van der Waals surface area contributed by atoms with Gasteiger partial charge in [-0.05, 0) is 49.6 Å². The summed E-state index contributed by atoms with van der Waals surface area (Å²) in [6, 6.07) is 12.2. The lowest BCUT2D eigenvalue weighted by molar-refractivity contribution is -0.131. The van der Waals surface area contributed by atoms with Gasteiger partial charge in [-0.3, -0.25) is 9.59 Å². The van der Waals surface area contributed by atoms with Gasteiger partial charge < -0.3 is 10.6 Å². The van der Waals surface area contributed by atoms with Gasteiger partial charge in [-0.15, -0.1) is 0 Å². The monoisotopic (exact) mass is 362 g/mol. The van der Waals surface area contributed by atoms with Crippen molar-refractivity contribution in [2.45, 2.75) is 19.8 Å². The third-order valence-electron chi connectivity index (χ3n) is 4.17. The van der Waals surface area contributed by atoms with Gasteiger partial charge in [0.2, 0.25) is 11.8 Å². The molecule has 0 unspecified atom stereocenters. The Morgan fingerprint density at radius 3 is 2.25 bits per heavy atom. The van der Waals surface area contributed by atoms with Crippen LogP contribution in [0.4, 0.5) is 11.4 Å². The lowest BCUT2D eigenvalue weighted by Gasteiger charge is -2.16. The van der Waals surface area contributed by atoms with Crippen LogP contribution in [0.5, 0.6) is 0 Å². The molecular formula is C18H16Cl2N2O2. The molecule has 1 fully saturated rings. The molecule has 0 radical (unpaired) electrons. The molecule has 1 saturated carbocycles. The number of halogens is 2. The summed E-state index contributed by atoms with van der Waals surface area (Å²) in [6.45, 7) is 1.88. The van der Waals surface area contributed by atoms with Crippen molar-refractivity contribution in [3.8, 4) is 0 Å². The van der Waals surface area contributed by atoms with Gasteiger partial charge in [0.15, 0.2) is 0 Å². The van der Waals surface area contributed by atoms with Crippen LogP contribution < -0.4 is 10.6 Å². The van der Waals surface area contributed by atoms with Crippen LogP contribution in [0.15, 0.2) is 42.5 Å². The number of hydrogen-bond donors (Lipinski definition) is 2. The van der Waals surface area contributed by atoms with E-state index in [0.29, 0.717) is 34.3 Å². The molecule has 2 amide bonds. The minimum atomic E-state index is -1.05. The first-order valence-electron chi connectivity index (χ1n) is 7.56. The maximum atomic E-state index is 12.6.